The summed E-state index contributed by atoms with van der Waals surface area (Å²) in [5.41, 5.74) is 7.43. The molecular formula is C16H23F3N4O. The fraction of sp³-hybridized carbons (Fsp3) is 0.562. The Morgan fingerprint density at radius 1 is 1.29 bits per heavy atom. The van der Waals surface area contributed by atoms with Gasteiger partial charge in [0.05, 0.1) is 0 Å². The summed E-state index contributed by atoms with van der Waals surface area (Å²) in [6, 6.07) is 4.34. The quantitative estimate of drug-likeness (QED) is 0.744. The van der Waals surface area contributed by atoms with Gasteiger partial charge in [0, 0.05) is 32.7 Å². The maximum absolute atomic E-state index is 13.3. The Morgan fingerprint density at radius 2 is 1.88 bits per heavy atom. The summed E-state index contributed by atoms with van der Waals surface area (Å²) in [7, 11) is 0. The second-order valence-electron chi connectivity index (χ2n) is 5.98. The number of nitrogens with two attached hydrogens (primary N) is 1. The predicted octanol–water partition coefficient (Wildman–Crippen LogP) is 0.947. The highest BCUT2D eigenvalue weighted by Gasteiger charge is 2.44. The molecule has 8 heteroatoms. The topological polar surface area (TPSA) is 70.4 Å². The number of halogens is 3. The van der Waals surface area contributed by atoms with E-state index in [4.69, 9.17) is 5.73 Å². The number of piperazine rings is 1. The van der Waals surface area contributed by atoms with Gasteiger partial charge in [-0.15, -0.1) is 0 Å². The average Bonchev–Trinajstić information content (AvgIpc) is 2.54. The zero-order valence-corrected chi connectivity index (χ0v) is 13.6. The maximum Gasteiger partial charge on any atom is 0.405 e. The molecule has 0 aromatic heterocycles. The Labute approximate surface area is 139 Å². The van der Waals surface area contributed by atoms with E-state index in [9.17, 15) is 18.0 Å². The third-order valence-electron chi connectivity index (χ3n) is 4.16. The van der Waals surface area contributed by atoms with Gasteiger partial charge in [-0.3, -0.25) is 9.69 Å². The number of alkyl halides is 3. The van der Waals surface area contributed by atoms with Crippen LogP contribution in [0.5, 0.6) is 0 Å². The molecular weight excluding hydrogens is 321 g/mol. The minimum Gasteiger partial charge on any atom is -0.353 e. The molecule has 5 nitrogen and oxygen atoms in total. The van der Waals surface area contributed by atoms with Gasteiger partial charge in [-0.25, -0.2) is 0 Å². The van der Waals surface area contributed by atoms with Crippen molar-refractivity contribution in [1.82, 2.24) is 15.5 Å². The largest absolute Gasteiger partial charge is 0.405 e. The molecule has 0 aliphatic carbocycles. The molecule has 0 bridgehead atoms. The summed E-state index contributed by atoms with van der Waals surface area (Å²) < 4.78 is 39.8. The van der Waals surface area contributed by atoms with Crippen LogP contribution in [-0.2, 0) is 4.79 Å². The lowest BCUT2D eigenvalue weighted by Gasteiger charge is -2.36. The molecule has 24 heavy (non-hydrogen) atoms. The van der Waals surface area contributed by atoms with Gasteiger partial charge in [0.25, 0.3) is 0 Å². The van der Waals surface area contributed by atoms with E-state index in [1.54, 1.807) is 12.1 Å². The molecule has 1 aliphatic rings. The molecule has 0 radical (unpaired) electrons. The molecule has 1 aliphatic heterocycles. The molecule has 2 atom stereocenters. The van der Waals surface area contributed by atoms with Gasteiger partial charge < -0.3 is 16.4 Å². The second kappa shape index (κ2) is 7.96. The van der Waals surface area contributed by atoms with Crippen molar-refractivity contribution in [3.05, 3.63) is 35.4 Å². The summed E-state index contributed by atoms with van der Waals surface area (Å²) in [6.45, 7) is 3.00. The molecule has 1 aromatic carbocycles. The van der Waals surface area contributed by atoms with Crippen LogP contribution in [0.2, 0.25) is 0 Å². The van der Waals surface area contributed by atoms with Crippen molar-refractivity contribution < 1.29 is 18.0 Å². The van der Waals surface area contributed by atoms with Gasteiger partial charge in [0.1, 0.15) is 12.1 Å². The third-order valence-corrected chi connectivity index (χ3v) is 4.16. The zero-order chi connectivity index (χ0) is 17.7. The molecule has 4 N–H and O–H groups in total. The van der Waals surface area contributed by atoms with E-state index in [-0.39, 0.29) is 0 Å². The van der Waals surface area contributed by atoms with Gasteiger partial charge in [-0.05, 0) is 12.5 Å². The van der Waals surface area contributed by atoms with E-state index in [0.29, 0.717) is 31.7 Å². The monoisotopic (exact) mass is 344 g/mol. The number of carbonyl (C=O) groups is 1. The van der Waals surface area contributed by atoms with Crippen molar-refractivity contribution in [1.29, 1.82) is 0 Å². The van der Waals surface area contributed by atoms with Gasteiger partial charge in [-0.2, -0.15) is 13.2 Å². The van der Waals surface area contributed by atoms with E-state index >= 15 is 0 Å². The van der Waals surface area contributed by atoms with Gasteiger partial charge in [0.15, 0.2) is 0 Å². The van der Waals surface area contributed by atoms with Crippen molar-refractivity contribution in [2.45, 2.75) is 25.2 Å². The van der Waals surface area contributed by atoms with E-state index in [2.05, 4.69) is 10.6 Å². The van der Waals surface area contributed by atoms with Crippen LogP contribution in [0.4, 0.5) is 13.2 Å². The van der Waals surface area contributed by atoms with Crippen LogP contribution < -0.4 is 16.4 Å². The first-order chi connectivity index (χ1) is 11.3. The molecule has 0 saturated carbocycles. The first kappa shape index (κ1) is 18.7. The van der Waals surface area contributed by atoms with Crippen molar-refractivity contribution in [2.75, 3.05) is 32.7 Å². The Morgan fingerprint density at radius 3 is 2.42 bits per heavy atom. The summed E-state index contributed by atoms with van der Waals surface area (Å²) in [5.74, 6) is -0.608. The van der Waals surface area contributed by atoms with Crippen LogP contribution in [0.1, 0.15) is 17.2 Å². The van der Waals surface area contributed by atoms with E-state index in [1.807, 2.05) is 19.1 Å². The number of hydrogen-bond donors (Lipinski definition) is 3. The number of rotatable bonds is 5. The molecule has 1 heterocycles. The summed E-state index contributed by atoms with van der Waals surface area (Å²) in [6.07, 6.45) is -4.40. The average molecular weight is 344 g/mol. The molecule has 1 aromatic rings. The van der Waals surface area contributed by atoms with E-state index < -0.39 is 30.7 Å². The lowest BCUT2D eigenvalue weighted by molar-refractivity contribution is -0.184. The molecule has 1 saturated heterocycles. The Balaban J connectivity index is 1.97. The smallest absolute Gasteiger partial charge is 0.353 e. The van der Waals surface area contributed by atoms with Crippen LogP contribution in [0.3, 0.4) is 0 Å². The highest BCUT2D eigenvalue weighted by Crippen LogP contribution is 2.25. The first-order valence-electron chi connectivity index (χ1n) is 7.90. The van der Waals surface area contributed by atoms with Crippen molar-refractivity contribution in [3.8, 4) is 0 Å². The fourth-order valence-electron chi connectivity index (χ4n) is 2.68. The fourth-order valence-corrected chi connectivity index (χ4v) is 2.68. The van der Waals surface area contributed by atoms with Crippen molar-refractivity contribution >= 4 is 5.91 Å². The molecule has 134 valence electrons. The van der Waals surface area contributed by atoms with Crippen molar-refractivity contribution in [3.63, 3.8) is 0 Å². The number of benzene rings is 1. The standard InChI is InChI=1S/C16H23F3N4O/c1-11-2-4-12(5-3-11)14(20)15(24)22-10-13(16(17,18)19)23-8-6-21-7-9-23/h2-5,13-14,21H,6-10,20H2,1H3,(H,22,24). The van der Waals surface area contributed by atoms with E-state index in [1.165, 1.54) is 4.90 Å². The zero-order valence-electron chi connectivity index (χ0n) is 13.6. The molecule has 2 rings (SSSR count). The number of hydrogen-bond acceptors (Lipinski definition) is 4. The third kappa shape index (κ3) is 4.93. The number of amides is 1. The summed E-state index contributed by atoms with van der Waals surface area (Å²) >= 11 is 0. The van der Waals surface area contributed by atoms with Crippen LogP contribution in [0.15, 0.2) is 24.3 Å². The molecule has 2 unspecified atom stereocenters. The van der Waals surface area contributed by atoms with Crippen LogP contribution in [0, 0.1) is 6.92 Å². The number of nitrogens with one attached hydrogen (secondary N) is 2. The van der Waals surface area contributed by atoms with Crippen LogP contribution >= 0.6 is 0 Å². The number of nitrogens with zero attached hydrogens (tertiary/aromatic N) is 1. The molecule has 1 fully saturated rings. The minimum atomic E-state index is -4.40. The Bertz CT molecular complexity index is 541. The minimum absolute atomic E-state index is 0.296. The Hall–Kier alpha value is -1.64. The molecule has 0 spiro atoms. The van der Waals surface area contributed by atoms with Crippen LogP contribution in [-0.4, -0.2) is 55.7 Å². The second-order valence-corrected chi connectivity index (χ2v) is 5.98. The highest BCUT2D eigenvalue weighted by atomic mass is 19.4. The molecule has 1 amide bonds. The van der Waals surface area contributed by atoms with Gasteiger partial charge in [-0.1, -0.05) is 29.8 Å². The predicted molar refractivity (Wildman–Crippen MR) is 85.4 cm³/mol. The van der Waals surface area contributed by atoms with Gasteiger partial charge in [0.2, 0.25) is 5.91 Å². The van der Waals surface area contributed by atoms with Crippen molar-refractivity contribution in [2.24, 2.45) is 5.73 Å². The number of aryl methyl sites for hydroxylation is 1. The number of carbonyl (C=O) groups excluding carboxylic acids is 1. The van der Waals surface area contributed by atoms with E-state index in [0.717, 1.165) is 5.56 Å². The summed E-state index contributed by atoms with van der Waals surface area (Å²) in [5, 5.41) is 5.37. The van der Waals surface area contributed by atoms with Crippen LogP contribution in [0.25, 0.3) is 0 Å². The maximum atomic E-state index is 13.3. The van der Waals surface area contributed by atoms with Gasteiger partial charge >= 0.3 is 6.18 Å². The Kier molecular flexibility index (Phi) is 6.20. The lowest BCUT2D eigenvalue weighted by atomic mass is 10.1. The normalized spacial score (nSPS) is 18.9. The first-order valence-corrected chi connectivity index (χ1v) is 7.90. The highest BCUT2D eigenvalue weighted by molar-refractivity contribution is 5.82. The lowest BCUT2D eigenvalue weighted by Crippen LogP contribution is -2.58. The SMILES string of the molecule is Cc1ccc(C(N)C(=O)NCC(N2CCNCC2)C(F)(F)F)cc1. The summed E-state index contributed by atoms with van der Waals surface area (Å²) in [4.78, 5) is 13.4.